The van der Waals surface area contributed by atoms with E-state index in [1.54, 1.807) is 11.8 Å². The normalized spacial score (nSPS) is 23.4. The molecule has 1 fully saturated rings. The molecule has 0 aromatic heterocycles. The number of hydrogen-bond acceptors (Lipinski definition) is 3. The first-order chi connectivity index (χ1) is 7.62. The molecule has 0 spiro atoms. The van der Waals surface area contributed by atoms with Crippen LogP contribution in [0.25, 0.3) is 0 Å². The summed E-state index contributed by atoms with van der Waals surface area (Å²) in [6, 6.07) is 0.210. The first-order valence-corrected chi connectivity index (χ1v) is 7.28. The van der Waals surface area contributed by atoms with Crippen LogP contribution in [0.1, 0.15) is 41.0 Å². The van der Waals surface area contributed by atoms with Gasteiger partial charge in [-0.15, -0.1) is 24.2 Å². The molecule has 1 atom stereocenters. The van der Waals surface area contributed by atoms with Crippen molar-refractivity contribution in [2.75, 3.05) is 18.8 Å². The Morgan fingerprint density at radius 1 is 1.44 bits per heavy atom. The maximum Gasteiger partial charge on any atom is 0.232 e. The molecule has 1 rings (SSSR count). The van der Waals surface area contributed by atoms with E-state index < -0.39 is 0 Å². The molecule has 1 unspecified atom stereocenters. The number of thioether (sulfide) groups is 1. The number of carbonyl (C=O) groups is 1. The van der Waals surface area contributed by atoms with E-state index >= 15 is 0 Å². The molecule has 1 amide bonds. The molecule has 0 bridgehead atoms. The molecule has 18 heavy (non-hydrogen) atoms. The average molecular weight is 295 g/mol. The third kappa shape index (κ3) is 5.37. The van der Waals surface area contributed by atoms with Crippen LogP contribution in [0, 0.1) is 5.41 Å². The number of likely N-dealkylation sites (tertiary alicyclic amines) is 1. The van der Waals surface area contributed by atoms with Gasteiger partial charge in [-0.1, -0.05) is 34.6 Å². The average Bonchev–Trinajstić information content (AvgIpc) is 2.17. The van der Waals surface area contributed by atoms with Gasteiger partial charge in [0.2, 0.25) is 5.91 Å². The zero-order chi connectivity index (χ0) is 13.3. The molecule has 0 radical (unpaired) electrons. The fourth-order valence-electron chi connectivity index (χ4n) is 1.96. The van der Waals surface area contributed by atoms with Crippen molar-refractivity contribution in [3.8, 4) is 0 Å². The first kappa shape index (κ1) is 18.1. The van der Waals surface area contributed by atoms with Gasteiger partial charge < -0.3 is 10.6 Å². The molecule has 0 aliphatic carbocycles. The third-order valence-corrected chi connectivity index (χ3v) is 4.55. The number of piperidine rings is 1. The number of rotatable bonds is 2. The summed E-state index contributed by atoms with van der Waals surface area (Å²) in [5.41, 5.74) is 6.12. The number of nitrogens with zero attached hydrogens (tertiary/aromatic N) is 1. The van der Waals surface area contributed by atoms with Gasteiger partial charge in [0.25, 0.3) is 0 Å². The Balaban J connectivity index is 0.00000289. The Bertz CT molecular complexity index is 289. The topological polar surface area (TPSA) is 46.3 Å². The summed E-state index contributed by atoms with van der Waals surface area (Å²) in [5.74, 6) is 0.833. The number of amides is 1. The summed E-state index contributed by atoms with van der Waals surface area (Å²) in [6.45, 7) is 12.3. The lowest BCUT2D eigenvalue weighted by Gasteiger charge is -2.42. The van der Waals surface area contributed by atoms with Crippen molar-refractivity contribution in [1.82, 2.24) is 4.90 Å². The van der Waals surface area contributed by atoms with Crippen LogP contribution in [0.15, 0.2) is 0 Å². The van der Waals surface area contributed by atoms with E-state index in [-0.39, 0.29) is 34.5 Å². The predicted molar refractivity (Wildman–Crippen MR) is 82.4 cm³/mol. The third-order valence-electron chi connectivity index (χ3n) is 3.29. The molecule has 0 saturated carbocycles. The number of halogens is 1. The largest absolute Gasteiger partial charge is 0.341 e. The second kappa shape index (κ2) is 6.49. The summed E-state index contributed by atoms with van der Waals surface area (Å²) < 4.78 is 0.150. The Hall–Kier alpha value is 0.0700. The van der Waals surface area contributed by atoms with Crippen LogP contribution in [0.5, 0.6) is 0 Å². The van der Waals surface area contributed by atoms with Gasteiger partial charge in [0.1, 0.15) is 0 Å². The molecular formula is C13H27ClN2OS. The number of carbonyl (C=O) groups excluding carboxylic acids is 1. The minimum absolute atomic E-state index is 0. The smallest absolute Gasteiger partial charge is 0.232 e. The second-order valence-corrected chi connectivity index (χ2v) is 8.40. The van der Waals surface area contributed by atoms with Gasteiger partial charge in [-0.05, 0) is 11.8 Å². The Morgan fingerprint density at radius 3 is 2.44 bits per heavy atom. The lowest BCUT2D eigenvalue weighted by atomic mass is 9.80. The van der Waals surface area contributed by atoms with Crippen molar-refractivity contribution < 1.29 is 4.79 Å². The van der Waals surface area contributed by atoms with E-state index in [4.69, 9.17) is 5.73 Å². The lowest BCUT2D eigenvalue weighted by molar-refractivity contribution is -0.131. The summed E-state index contributed by atoms with van der Waals surface area (Å²) in [7, 11) is 0. The van der Waals surface area contributed by atoms with Crippen LogP contribution in [0.4, 0.5) is 0 Å². The van der Waals surface area contributed by atoms with Gasteiger partial charge in [0.05, 0.1) is 5.75 Å². The Labute approximate surface area is 122 Å². The van der Waals surface area contributed by atoms with Gasteiger partial charge in [-0.2, -0.15) is 0 Å². The Morgan fingerprint density at radius 2 is 2.00 bits per heavy atom. The fourth-order valence-corrected chi connectivity index (χ4v) is 2.70. The zero-order valence-electron chi connectivity index (χ0n) is 12.2. The highest BCUT2D eigenvalue weighted by Crippen LogP contribution is 2.29. The minimum atomic E-state index is 0. The van der Waals surface area contributed by atoms with Crippen molar-refractivity contribution in [3.05, 3.63) is 0 Å². The molecule has 5 heteroatoms. The molecule has 1 saturated heterocycles. The highest BCUT2D eigenvalue weighted by Gasteiger charge is 2.35. The predicted octanol–water partition coefficient (Wildman–Crippen LogP) is 2.53. The van der Waals surface area contributed by atoms with Crippen LogP contribution >= 0.6 is 24.2 Å². The van der Waals surface area contributed by atoms with E-state index in [2.05, 4.69) is 34.6 Å². The quantitative estimate of drug-likeness (QED) is 0.851. The van der Waals surface area contributed by atoms with Crippen LogP contribution in [-0.4, -0.2) is 40.4 Å². The van der Waals surface area contributed by atoms with Gasteiger partial charge in [0.15, 0.2) is 0 Å². The summed E-state index contributed by atoms with van der Waals surface area (Å²) >= 11 is 1.71. The Kier molecular flexibility index (Phi) is 6.51. The van der Waals surface area contributed by atoms with Crippen molar-refractivity contribution in [2.24, 2.45) is 11.1 Å². The molecular weight excluding hydrogens is 268 g/mol. The van der Waals surface area contributed by atoms with Crippen molar-refractivity contribution in [3.63, 3.8) is 0 Å². The van der Waals surface area contributed by atoms with E-state index in [1.165, 1.54) is 0 Å². The highest BCUT2D eigenvalue weighted by atomic mass is 35.5. The van der Waals surface area contributed by atoms with Crippen LogP contribution in [0.3, 0.4) is 0 Å². The standard InChI is InChI=1S/C13H26N2OS.ClH/c1-12(2,3)17-8-11(16)15-7-6-10(14)13(4,5)9-15;/h10H,6-9,14H2,1-5H3;1H. The number of nitrogens with two attached hydrogens (primary N) is 1. The SMILES string of the molecule is CC(C)(C)SCC(=O)N1CCC(N)C(C)(C)C1.Cl. The maximum atomic E-state index is 12.1. The summed E-state index contributed by atoms with van der Waals surface area (Å²) in [4.78, 5) is 14.1. The summed E-state index contributed by atoms with van der Waals surface area (Å²) in [5, 5.41) is 0. The monoisotopic (exact) mass is 294 g/mol. The molecule has 1 aliphatic heterocycles. The van der Waals surface area contributed by atoms with Gasteiger partial charge in [-0.25, -0.2) is 0 Å². The molecule has 0 aromatic rings. The second-order valence-electron chi connectivity index (χ2n) is 6.60. The minimum Gasteiger partial charge on any atom is -0.341 e. The lowest BCUT2D eigenvalue weighted by Crippen LogP contribution is -2.54. The van der Waals surface area contributed by atoms with E-state index in [0.717, 1.165) is 19.5 Å². The van der Waals surface area contributed by atoms with Gasteiger partial charge in [-0.3, -0.25) is 4.79 Å². The van der Waals surface area contributed by atoms with E-state index in [1.807, 2.05) is 4.90 Å². The maximum absolute atomic E-state index is 12.1. The molecule has 1 heterocycles. The van der Waals surface area contributed by atoms with E-state index in [0.29, 0.717) is 5.75 Å². The zero-order valence-corrected chi connectivity index (χ0v) is 13.8. The van der Waals surface area contributed by atoms with Crippen molar-refractivity contribution >= 4 is 30.1 Å². The van der Waals surface area contributed by atoms with Crippen molar-refractivity contribution in [1.29, 1.82) is 0 Å². The summed E-state index contributed by atoms with van der Waals surface area (Å²) in [6.07, 6.45) is 0.916. The molecule has 3 nitrogen and oxygen atoms in total. The highest BCUT2D eigenvalue weighted by molar-refractivity contribution is 8.01. The van der Waals surface area contributed by atoms with Crippen LogP contribution < -0.4 is 5.73 Å². The molecule has 108 valence electrons. The van der Waals surface area contributed by atoms with Gasteiger partial charge >= 0.3 is 0 Å². The van der Waals surface area contributed by atoms with Crippen LogP contribution in [-0.2, 0) is 4.79 Å². The fraction of sp³-hybridized carbons (Fsp3) is 0.923. The van der Waals surface area contributed by atoms with Crippen LogP contribution in [0.2, 0.25) is 0 Å². The number of hydrogen-bond donors (Lipinski definition) is 1. The van der Waals surface area contributed by atoms with Gasteiger partial charge in [0, 0.05) is 23.9 Å². The molecule has 0 aromatic carbocycles. The van der Waals surface area contributed by atoms with E-state index in [9.17, 15) is 4.79 Å². The molecule has 2 N–H and O–H groups in total. The van der Waals surface area contributed by atoms with Crippen molar-refractivity contribution in [2.45, 2.75) is 51.8 Å². The first-order valence-electron chi connectivity index (χ1n) is 6.29. The molecule has 1 aliphatic rings.